The van der Waals surface area contributed by atoms with E-state index < -0.39 is 0 Å². The van der Waals surface area contributed by atoms with E-state index in [0.717, 1.165) is 32.2 Å². The van der Waals surface area contributed by atoms with Gasteiger partial charge in [-0.1, -0.05) is 13.3 Å². The largest absolute Gasteiger partial charge is 0.380 e. The van der Waals surface area contributed by atoms with Gasteiger partial charge in [0.25, 0.3) is 0 Å². The van der Waals surface area contributed by atoms with Crippen LogP contribution >= 0.6 is 0 Å². The quantitative estimate of drug-likeness (QED) is 0.820. The lowest BCUT2D eigenvalue weighted by Crippen LogP contribution is -2.56. The second-order valence-corrected chi connectivity index (χ2v) is 5.73. The Bertz CT molecular complexity index is 216. The first-order valence-electron chi connectivity index (χ1n) is 7.33. The summed E-state index contributed by atoms with van der Waals surface area (Å²) in [5.74, 6) is 0.943. The molecule has 1 heterocycles. The molecule has 1 aliphatic heterocycles. The van der Waals surface area contributed by atoms with E-state index in [1.54, 1.807) is 0 Å². The number of nitrogens with zero attached hydrogens (tertiary/aromatic N) is 1. The predicted octanol–water partition coefficient (Wildman–Crippen LogP) is 2.01. The van der Waals surface area contributed by atoms with Crippen molar-refractivity contribution in [1.82, 2.24) is 4.90 Å². The monoisotopic (exact) mass is 240 g/mol. The third-order valence-corrected chi connectivity index (χ3v) is 4.89. The lowest BCUT2D eigenvalue weighted by Gasteiger charge is -2.47. The molecule has 2 N–H and O–H groups in total. The number of nitrogens with two attached hydrogens (primary N) is 1. The molecule has 1 saturated heterocycles. The fourth-order valence-corrected chi connectivity index (χ4v) is 3.49. The summed E-state index contributed by atoms with van der Waals surface area (Å²) >= 11 is 0. The van der Waals surface area contributed by atoms with Gasteiger partial charge >= 0.3 is 0 Å². The molecule has 2 rings (SSSR count). The van der Waals surface area contributed by atoms with Crippen LogP contribution in [-0.2, 0) is 4.74 Å². The standard InChI is InChI=1S/C14H28N2O/c1-2-13-4-6-14(12-15,7-5-13)16-8-3-10-17-11-9-16/h13H,2-12,15H2,1H3. The third kappa shape index (κ3) is 3.01. The average molecular weight is 240 g/mol. The van der Waals surface area contributed by atoms with E-state index in [9.17, 15) is 0 Å². The zero-order valence-electron chi connectivity index (χ0n) is 11.3. The zero-order chi connectivity index (χ0) is 12.1. The molecule has 2 aliphatic rings. The smallest absolute Gasteiger partial charge is 0.0593 e. The Balaban J connectivity index is 1.98. The number of hydrogen-bond donors (Lipinski definition) is 1. The molecule has 3 nitrogen and oxygen atoms in total. The summed E-state index contributed by atoms with van der Waals surface area (Å²) in [7, 11) is 0. The van der Waals surface area contributed by atoms with Crippen LogP contribution in [0.4, 0.5) is 0 Å². The molecule has 17 heavy (non-hydrogen) atoms. The van der Waals surface area contributed by atoms with Crippen LogP contribution in [0.15, 0.2) is 0 Å². The maximum Gasteiger partial charge on any atom is 0.0593 e. The van der Waals surface area contributed by atoms with Gasteiger partial charge in [-0.3, -0.25) is 4.90 Å². The van der Waals surface area contributed by atoms with Crippen LogP contribution < -0.4 is 5.73 Å². The normalized spacial score (nSPS) is 36.7. The second kappa shape index (κ2) is 6.17. The molecule has 0 atom stereocenters. The SMILES string of the molecule is CCC1CCC(CN)(N2CCCOCC2)CC1. The molecule has 2 fully saturated rings. The van der Waals surface area contributed by atoms with E-state index in [4.69, 9.17) is 10.5 Å². The van der Waals surface area contributed by atoms with Crippen LogP contribution in [0, 0.1) is 5.92 Å². The fourth-order valence-electron chi connectivity index (χ4n) is 3.49. The Kier molecular flexibility index (Phi) is 4.83. The fraction of sp³-hybridized carbons (Fsp3) is 1.00. The number of hydrogen-bond acceptors (Lipinski definition) is 3. The highest BCUT2D eigenvalue weighted by molar-refractivity contribution is 4.96. The van der Waals surface area contributed by atoms with Gasteiger partial charge < -0.3 is 10.5 Å². The van der Waals surface area contributed by atoms with Crippen molar-refractivity contribution in [3.8, 4) is 0 Å². The summed E-state index contributed by atoms with van der Waals surface area (Å²) in [6.45, 7) is 7.21. The van der Waals surface area contributed by atoms with E-state index in [1.807, 2.05) is 0 Å². The van der Waals surface area contributed by atoms with Gasteiger partial charge in [-0.25, -0.2) is 0 Å². The summed E-state index contributed by atoms with van der Waals surface area (Å²) in [5.41, 5.74) is 6.42. The van der Waals surface area contributed by atoms with Gasteiger partial charge in [0.05, 0.1) is 6.61 Å². The first kappa shape index (κ1) is 13.3. The molecular weight excluding hydrogens is 212 g/mol. The summed E-state index contributed by atoms with van der Waals surface area (Å²) < 4.78 is 5.56. The molecule has 100 valence electrons. The molecular formula is C14H28N2O. The molecule has 0 aromatic carbocycles. The van der Waals surface area contributed by atoms with Gasteiger partial charge in [0.1, 0.15) is 0 Å². The Hall–Kier alpha value is -0.120. The Morgan fingerprint density at radius 2 is 2.00 bits per heavy atom. The lowest BCUT2D eigenvalue weighted by atomic mass is 9.74. The lowest BCUT2D eigenvalue weighted by molar-refractivity contribution is 0.0382. The molecule has 0 bridgehead atoms. The van der Waals surface area contributed by atoms with Gasteiger partial charge in [0.2, 0.25) is 0 Å². The maximum absolute atomic E-state index is 6.12. The second-order valence-electron chi connectivity index (χ2n) is 5.73. The van der Waals surface area contributed by atoms with Gasteiger partial charge in [-0.15, -0.1) is 0 Å². The minimum absolute atomic E-state index is 0.291. The van der Waals surface area contributed by atoms with E-state index >= 15 is 0 Å². The van der Waals surface area contributed by atoms with Crippen molar-refractivity contribution < 1.29 is 4.74 Å². The molecule has 0 radical (unpaired) electrons. The van der Waals surface area contributed by atoms with Crippen molar-refractivity contribution in [1.29, 1.82) is 0 Å². The molecule has 0 amide bonds. The molecule has 0 spiro atoms. The van der Waals surface area contributed by atoms with Crippen molar-refractivity contribution in [3.63, 3.8) is 0 Å². The van der Waals surface area contributed by atoms with Crippen LogP contribution in [0.25, 0.3) is 0 Å². The van der Waals surface area contributed by atoms with Crippen molar-refractivity contribution in [2.24, 2.45) is 11.7 Å². The third-order valence-electron chi connectivity index (χ3n) is 4.89. The zero-order valence-corrected chi connectivity index (χ0v) is 11.3. The maximum atomic E-state index is 6.12. The van der Waals surface area contributed by atoms with E-state index in [1.165, 1.54) is 45.1 Å². The van der Waals surface area contributed by atoms with Crippen molar-refractivity contribution in [3.05, 3.63) is 0 Å². The predicted molar refractivity (Wildman–Crippen MR) is 71.0 cm³/mol. The van der Waals surface area contributed by atoms with Gasteiger partial charge in [-0.2, -0.15) is 0 Å². The summed E-state index contributed by atoms with van der Waals surface area (Å²) in [4.78, 5) is 2.63. The van der Waals surface area contributed by atoms with Crippen LogP contribution in [0.1, 0.15) is 45.4 Å². The van der Waals surface area contributed by atoms with Gasteiger partial charge in [0, 0.05) is 31.8 Å². The van der Waals surface area contributed by atoms with Gasteiger partial charge in [0.15, 0.2) is 0 Å². The highest BCUT2D eigenvalue weighted by Crippen LogP contribution is 2.37. The van der Waals surface area contributed by atoms with E-state index in [-0.39, 0.29) is 0 Å². The molecule has 0 aromatic heterocycles. The van der Waals surface area contributed by atoms with Crippen molar-refractivity contribution in [2.45, 2.75) is 51.0 Å². The van der Waals surface area contributed by atoms with Crippen LogP contribution in [0.2, 0.25) is 0 Å². The Morgan fingerprint density at radius 3 is 2.65 bits per heavy atom. The van der Waals surface area contributed by atoms with Crippen molar-refractivity contribution in [2.75, 3.05) is 32.8 Å². The minimum atomic E-state index is 0.291. The van der Waals surface area contributed by atoms with Crippen LogP contribution in [0.5, 0.6) is 0 Å². The average Bonchev–Trinajstić information content (AvgIpc) is 2.68. The first-order chi connectivity index (χ1) is 8.30. The highest BCUT2D eigenvalue weighted by atomic mass is 16.5. The summed E-state index contributed by atoms with van der Waals surface area (Å²) in [6.07, 6.45) is 7.82. The molecule has 0 unspecified atom stereocenters. The minimum Gasteiger partial charge on any atom is -0.380 e. The summed E-state index contributed by atoms with van der Waals surface area (Å²) in [5, 5.41) is 0. The topological polar surface area (TPSA) is 38.5 Å². The molecule has 1 aliphatic carbocycles. The van der Waals surface area contributed by atoms with Gasteiger partial charge in [-0.05, 0) is 38.0 Å². The highest BCUT2D eigenvalue weighted by Gasteiger charge is 2.38. The number of rotatable bonds is 3. The molecule has 3 heteroatoms. The molecule has 0 aromatic rings. The van der Waals surface area contributed by atoms with E-state index in [2.05, 4.69) is 11.8 Å². The van der Waals surface area contributed by atoms with Crippen LogP contribution in [-0.4, -0.2) is 43.3 Å². The first-order valence-corrected chi connectivity index (χ1v) is 7.33. The van der Waals surface area contributed by atoms with Crippen molar-refractivity contribution >= 4 is 0 Å². The Labute approximate surface area is 106 Å². The number of ether oxygens (including phenoxy) is 1. The summed E-state index contributed by atoms with van der Waals surface area (Å²) in [6, 6.07) is 0. The van der Waals surface area contributed by atoms with E-state index in [0.29, 0.717) is 5.54 Å². The van der Waals surface area contributed by atoms with Crippen LogP contribution in [0.3, 0.4) is 0 Å². The Morgan fingerprint density at radius 1 is 1.24 bits per heavy atom. The molecule has 1 saturated carbocycles.